The predicted molar refractivity (Wildman–Crippen MR) is 67.7 cm³/mol. The van der Waals surface area contributed by atoms with Crippen molar-refractivity contribution in [3.63, 3.8) is 0 Å². The summed E-state index contributed by atoms with van der Waals surface area (Å²) in [6, 6.07) is 0. The normalized spacial score (nSPS) is 14.8. The molecule has 0 aromatic heterocycles. The molecule has 0 rings (SSSR count). The molecule has 8 nitrogen and oxygen atoms in total. The van der Waals surface area contributed by atoms with E-state index >= 15 is 0 Å². The summed E-state index contributed by atoms with van der Waals surface area (Å²) in [5, 5.41) is 8.98. The highest BCUT2D eigenvalue weighted by Gasteiger charge is 2.32. The maximum Gasteiger partial charge on any atom is 0.422 e. The van der Waals surface area contributed by atoms with E-state index in [0.29, 0.717) is 0 Å². The molecular formula is C10H20N2O6S. The van der Waals surface area contributed by atoms with Crippen LogP contribution in [-0.4, -0.2) is 38.2 Å². The fourth-order valence-electron chi connectivity index (χ4n) is 0.990. The van der Waals surface area contributed by atoms with E-state index in [9.17, 15) is 18.0 Å². The molecule has 1 amide bonds. The molecule has 3 N–H and O–H groups in total. The lowest BCUT2D eigenvalue weighted by Gasteiger charge is -2.23. The van der Waals surface area contributed by atoms with Crippen molar-refractivity contribution < 1.29 is 27.9 Å². The minimum atomic E-state index is -4.14. The quantitative estimate of drug-likeness (QED) is 0.627. The third kappa shape index (κ3) is 6.39. The molecule has 0 fully saturated rings. The van der Waals surface area contributed by atoms with E-state index in [4.69, 9.17) is 5.11 Å². The minimum absolute atomic E-state index is 0.237. The first-order valence-electron chi connectivity index (χ1n) is 5.74. The molecule has 0 saturated carbocycles. The largest absolute Gasteiger partial charge is 0.481 e. The maximum atomic E-state index is 11.5. The van der Waals surface area contributed by atoms with Gasteiger partial charge in [0.05, 0.1) is 11.5 Å². The molecule has 0 aromatic rings. The summed E-state index contributed by atoms with van der Waals surface area (Å²) in [5.41, 5.74) is -1.24. The highest BCUT2D eigenvalue weighted by Crippen LogP contribution is 2.20. The Morgan fingerprint density at radius 2 is 1.89 bits per heavy atom. The number of carboxylic acid groups (broad SMARTS) is 1. The van der Waals surface area contributed by atoms with Crippen molar-refractivity contribution in [2.24, 2.45) is 5.41 Å². The SMILES string of the molecule is CCC(C)(CNS(=O)(=O)NC(=O)OC(C)C)C(=O)O. The molecule has 0 aliphatic heterocycles. The first kappa shape index (κ1) is 17.6. The second-order valence-electron chi connectivity index (χ2n) is 4.60. The van der Waals surface area contributed by atoms with Gasteiger partial charge in [0.15, 0.2) is 0 Å². The van der Waals surface area contributed by atoms with Crippen LogP contribution in [0.3, 0.4) is 0 Å². The number of ether oxygens (including phenoxy) is 1. The zero-order valence-electron chi connectivity index (χ0n) is 11.4. The van der Waals surface area contributed by atoms with Crippen LogP contribution in [0.2, 0.25) is 0 Å². The third-order valence-electron chi connectivity index (χ3n) is 2.51. The van der Waals surface area contributed by atoms with E-state index in [-0.39, 0.29) is 13.0 Å². The molecule has 1 atom stereocenters. The molecule has 9 heteroatoms. The number of carbonyl (C=O) groups is 2. The molecule has 0 spiro atoms. The Labute approximate surface area is 112 Å². The molecule has 0 saturated heterocycles. The lowest BCUT2D eigenvalue weighted by molar-refractivity contribution is -0.147. The Bertz CT molecular complexity index is 433. The number of carbonyl (C=O) groups excluding carboxylic acids is 1. The molecule has 0 aliphatic carbocycles. The summed E-state index contributed by atoms with van der Waals surface area (Å²) in [6.07, 6.45) is -1.34. The molecule has 112 valence electrons. The summed E-state index contributed by atoms with van der Waals surface area (Å²) in [6.45, 7) is 5.84. The van der Waals surface area contributed by atoms with Crippen molar-refractivity contribution in [2.45, 2.75) is 40.2 Å². The van der Waals surface area contributed by atoms with Gasteiger partial charge in [-0.3, -0.25) is 4.79 Å². The highest BCUT2D eigenvalue weighted by atomic mass is 32.2. The predicted octanol–water partition coefficient (Wildman–Crippen LogP) is 0.456. The van der Waals surface area contributed by atoms with Crippen LogP contribution in [0, 0.1) is 5.41 Å². The monoisotopic (exact) mass is 296 g/mol. The van der Waals surface area contributed by atoms with E-state index in [1.54, 1.807) is 25.5 Å². The van der Waals surface area contributed by atoms with Crippen LogP contribution in [-0.2, 0) is 19.7 Å². The molecule has 0 heterocycles. The Hall–Kier alpha value is -1.35. The summed E-state index contributed by atoms with van der Waals surface area (Å²) in [7, 11) is -4.14. The summed E-state index contributed by atoms with van der Waals surface area (Å²) >= 11 is 0. The number of amides is 1. The number of rotatable bonds is 7. The van der Waals surface area contributed by atoms with Gasteiger partial charge in [-0.25, -0.2) is 9.52 Å². The van der Waals surface area contributed by atoms with Crippen molar-refractivity contribution in [2.75, 3.05) is 6.54 Å². The van der Waals surface area contributed by atoms with E-state index in [1.807, 2.05) is 4.72 Å². The van der Waals surface area contributed by atoms with Crippen molar-refractivity contribution >= 4 is 22.3 Å². The highest BCUT2D eigenvalue weighted by molar-refractivity contribution is 7.88. The molecule has 19 heavy (non-hydrogen) atoms. The van der Waals surface area contributed by atoms with Gasteiger partial charge in [-0.05, 0) is 27.2 Å². The number of aliphatic carboxylic acids is 1. The molecule has 0 aliphatic rings. The van der Waals surface area contributed by atoms with Crippen molar-refractivity contribution in [3.05, 3.63) is 0 Å². The lowest BCUT2D eigenvalue weighted by atomic mass is 9.88. The number of carboxylic acids is 1. The average Bonchev–Trinajstić information content (AvgIpc) is 2.23. The lowest BCUT2D eigenvalue weighted by Crippen LogP contribution is -2.47. The summed E-state index contributed by atoms with van der Waals surface area (Å²) in [4.78, 5) is 22.1. The number of hydrogen-bond donors (Lipinski definition) is 3. The van der Waals surface area contributed by atoms with Crippen LogP contribution in [0.25, 0.3) is 0 Å². The van der Waals surface area contributed by atoms with Crippen LogP contribution in [0.4, 0.5) is 4.79 Å². The van der Waals surface area contributed by atoms with Gasteiger partial charge < -0.3 is 9.84 Å². The fraction of sp³-hybridized carbons (Fsp3) is 0.800. The Balaban J connectivity index is 4.55. The topological polar surface area (TPSA) is 122 Å². The molecule has 0 bridgehead atoms. The zero-order valence-corrected chi connectivity index (χ0v) is 12.2. The second-order valence-corrected chi connectivity index (χ2v) is 6.10. The first-order chi connectivity index (χ1) is 8.52. The fourth-order valence-corrected chi connectivity index (χ4v) is 1.84. The standard InChI is InChI=1S/C10H20N2O6S/c1-5-10(4,8(13)14)6-11-19(16,17)12-9(15)18-7(2)3/h7,11H,5-6H2,1-4H3,(H,12,15)(H,13,14). The number of hydrogen-bond acceptors (Lipinski definition) is 5. The van der Waals surface area contributed by atoms with Gasteiger partial charge >= 0.3 is 22.3 Å². The van der Waals surface area contributed by atoms with E-state index < -0.39 is 33.8 Å². The van der Waals surface area contributed by atoms with Gasteiger partial charge in [0.1, 0.15) is 0 Å². The zero-order chi connectivity index (χ0) is 15.3. The van der Waals surface area contributed by atoms with Crippen LogP contribution in [0.5, 0.6) is 0 Å². The smallest absolute Gasteiger partial charge is 0.422 e. The molecule has 0 aromatic carbocycles. The Morgan fingerprint density at radius 3 is 2.26 bits per heavy atom. The van der Waals surface area contributed by atoms with Crippen LogP contribution in [0.1, 0.15) is 34.1 Å². The summed E-state index contributed by atoms with van der Waals surface area (Å²) < 4.78 is 31.2. The van der Waals surface area contributed by atoms with Gasteiger partial charge in [0.2, 0.25) is 0 Å². The van der Waals surface area contributed by atoms with Gasteiger partial charge in [0, 0.05) is 6.54 Å². The van der Waals surface area contributed by atoms with Crippen LogP contribution >= 0.6 is 0 Å². The van der Waals surface area contributed by atoms with Crippen molar-refractivity contribution in [3.8, 4) is 0 Å². The van der Waals surface area contributed by atoms with Gasteiger partial charge in [-0.2, -0.15) is 13.1 Å². The van der Waals surface area contributed by atoms with E-state index in [0.717, 1.165) is 0 Å². The number of nitrogens with one attached hydrogen (secondary N) is 2. The maximum absolute atomic E-state index is 11.5. The van der Waals surface area contributed by atoms with Gasteiger partial charge in [-0.15, -0.1) is 0 Å². The van der Waals surface area contributed by atoms with Crippen molar-refractivity contribution in [1.29, 1.82) is 0 Å². The van der Waals surface area contributed by atoms with Crippen molar-refractivity contribution in [1.82, 2.24) is 9.44 Å². The van der Waals surface area contributed by atoms with Crippen LogP contribution < -0.4 is 9.44 Å². The molecular weight excluding hydrogens is 276 g/mol. The van der Waals surface area contributed by atoms with Crippen LogP contribution in [0.15, 0.2) is 0 Å². The van der Waals surface area contributed by atoms with E-state index in [1.165, 1.54) is 6.92 Å². The second kappa shape index (κ2) is 6.71. The third-order valence-corrected chi connectivity index (χ3v) is 3.47. The summed E-state index contributed by atoms with van der Waals surface area (Å²) in [5.74, 6) is -1.12. The Morgan fingerprint density at radius 1 is 1.37 bits per heavy atom. The van der Waals surface area contributed by atoms with E-state index in [2.05, 4.69) is 4.74 Å². The first-order valence-corrected chi connectivity index (χ1v) is 7.22. The van der Waals surface area contributed by atoms with Gasteiger partial charge in [0.25, 0.3) is 0 Å². The minimum Gasteiger partial charge on any atom is -0.481 e. The molecule has 0 radical (unpaired) electrons. The average molecular weight is 296 g/mol. The Kier molecular flexibility index (Phi) is 6.23. The molecule has 1 unspecified atom stereocenters. The van der Waals surface area contributed by atoms with Gasteiger partial charge in [-0.1, -0.05) is 6.92 Å².